The van der Waals surface area contributed by atoms with Crippen LogP contribution in [0.5, 0.6) is 0 Å². The standard InChI is InChI=1S/C9H14N2O4S/c10-7-2-3-8(11-4-1-5-12)9(6-7)16(13,14)15/h2-3,6,11-12H,1,4-5,10H2,(H,13,14,15). The summed E-state index contributed by atoms with van der Waals surface area (Å²) in [5.74, 6) is 0. The summed E-state index contributed by atoms with van der Waals surface area (Å²) in [6.07, 6.45) is 0.481. The third kappa shape index (κ3) is 3.37. The second-order valence-electron chi connectivity index (χ2n) is 3.23. The van der Waals surface area contributed by atoms with Crippen molar-refractivity contribution in [3.05, 3.63) is 18.2 Å². The number of hydrogen-bond acceptors (Lipinski definition) is 5. The predicted octanol–water partition coefficient (Wildman–Crippen LogP) is 0.310. The van der Waals surface area contributed by atoms with Gasteiger partial charge in [0.25, 0.3) is 10.1 Å². The SMILES string of the molecule is Nc1ccc(NCCCO)c(S(=O)(=O)O)c1. The molecule has 0 atom stereocenters. The van der Waals surface area contributed by atoms with Crippen molar-refractivity contribution in [2.75, 3.05) is 24.2 Å². The maximum atomic E-state index is 11.0. The largest absolute Gasteiger partial charge is 0.399 e. The number of aliphatic hydroxyl groups excluding tert-OH is 1. The Bertz CT molecular complexity index is 459. The maximum Gasteiger partial charge on any atom is 0.296 e. The number of nitrogens with two attached hydrogens (primary N) is 1. The van der Waals surface area contributed by atoms with Gasteiger partial charge in [0, 0.05) is 18.8 Å². The van der Waals surface area contributed by atoms with E-state index in [4.69, 9.17) is 15.4 Å². The minimum atomic E-state index is -4.30. The summed E-state index contributed by atoms with van der Waals surface area (Å²) in [4.78, 5) is -0.259. The van der Waals surface area contributed by atoms with Gasteiger partial charge in [0.15, 0.2) is 0 Å². The number of rotatable bonds is 5. The van der Waals surface area contributed by atoms with E-state index in [0.717, 1.165) is 0 Å². The van der Waals surface area contributed by atoms with E-state index in [1.54, 1.807) is 0 Å². The van der Waals surface area contributed by atoms with Crippen LogP contribution in [0.25, 0.3) is 0 Å². The zero-order chi connectivity index (χ0) is 12.2. The molecule has 0 aliphatic carbocycles. The zero-order valence-electron chi connectivity index (χ0n) is 8.55. The lowest BCUT2D eigenvalue weighted by molar-refractivity contribution is 0.292. The van der Waals surface area contributed by atoms with Gasteiger partial charge in [-0.25, -0.2) is 0 Å². The molecule has 0 aliphatic rings. The van der Waals surface area contributed by atoms with Crippen LogP contribution in [-0.2, 0) is 10.1 Å². The van der Waals surface area contributed by atoms with Crippen molar-refractivity contribution in [3.63, 3.8) is 0 Å². The van der Waals surface area contributed by atoms with E-state index in [1.807, 2.05) is 0 Å². The topological polar surface area (TPSA) is 113 Å². The summed E-state index contributed by atoms with van der Waals surface area (Å²) in [6.45, 7) is 0.409. The molecule has 0 spiro atoms. The molecule has 6 nitrogen and oxygen atoms in total. The Morgan fingerprint density at radius 2 is 2.06 bits per heavy atom. The Balaban J connectivity index is 2.99. The molecule has 0 heterocycles. The molecule has 1 aromatic carbocycles. The summed E-state index contributed by atoms with van der Waals surface area (Å²) >= 11 is 0. The molecule has 0 unspecified atom stereocenters. The van der Waals surface area contributed by atoms with Gasteiger partial charge in [-0.05, 0) is 24.6 Å². The molecule has 7 heteroatoms. The number of nitrogens with one attached hydrogen (secondary N) is 1. The molecule has 0 aromatic heterocycles. The van der Waals surface area contributed by atoms with Gasteiger partial charge in [0.05, 0.1) is 5.69 Å². The molecule has 1 aromatic rings. The lowest BCUT2D eigenvalue weighted by Crippen LogP contribution is -2.09. The van der Waals surface area contributed by atoms with E-state index in [9.17, 15) is 8.42 Å². The normalized spacial score (nSPS) is 11.4. The molecule has 0 bridgehead atoms. The van der Waals surface area contributed by atoms with Crippen molar-refractivity contribution in [1.82, 2.24) is 0 Å². The Kier molecular flexibility index (Phi) is 4.11. The van der Waals surface area contributed by atoms with Gasteiger partial charge in [0.2, 0.25) is 0 Å². The average molecular weight is 246 g/mol. The smallest absolute Gasteiger partial charge is 0.296 e. The number of benzene rings is 1. The average Bonchev–Trinajstić information content (AvgIpc) is 2.19. The van der Waals surface area contributed by atoms with E-state index in [0.29, 0.717) is 13.0 Å². The summed E-state index contributed by atoms with van der Waals surface area (Å²) in [7, 11) is -4.30. The number of anilines is 2. The van der Waals surface area contributed by atoms with E-state index >= 15 is 0 Å². The predicted molar refractivity (Wildman–Crippen MR) is 60.9 cm³/mol. The highest BCUT2D eigenvalue weighted by Gasteiger charge is 2.15. The first kappa shape index (κ1) is 12.8. The van der Waals surface area contributed by atoms with Gasteiger partial charge in [-0.3, -0.25) is 4.55 Å². The van der Waals surface area contributed by atoms with E-state index in [2.05, 4.69) is 5.32 Å². The molecule has 0 amide bonds. The molecule has 0 aliphatic heterocycles. The minimum absolute atomic E-state index is 0.00316. The van der Waals surface area contributed by atoms with Crippen molar-refractivity contribution in [2.24, 2.45) is 0 Å². The summed E-state index contributed by atoms with van der Waals surface area (Å²) in [5, 5.41) is 11.4. The maximum absolute atomic E-state index is 11.0. The van der Waals surface area contributed by atoms with E-state index < -0.39 is 10.1 Å². The molecule has 16 heavy (non-hydrogen) atoms. The fourth-order valence-electron chi connectivity index (χ4n) is 1.20. The highest BCUT2D eigenvalue weighted by molar-refractivity contribution is 7.86. The molecular weight excluding hydrogens is 232 g/mol. The van der Waals surface area contributed by atoms with Crippen LogP contribution >= 0.6 is 0 Å². The lowest BCUT2D eigenvalue weighted by Gasteiger charge is -2.10. The number of hydrogen-bond donors (Lipinski definition) is 4. The molecule has 0 fully saturated rings. The van der Waals surface area contributed by atoms with Crippen LogP contribution in [0, 0.1) is 0 Å². The minimum Gasteiger partial charge on any atom is -0.399 e. The van der Waals surface area contributed by atoms with Crippen LogP contribution in [-0.4, -0.2) is 31.2 Å². The van der Waals surface area contributed by atoms with E-state index in [1.165, 1.54) is 18.2 Å². The molecule has 0 radical (unpaired) electrons. The second kappa shape index (κ2) is 5.15. The van der Waals surface area contributed by atoms with Crippen molar-refractivity contribution < 1.29 is 18.1 Å². The zero-order valence-corrected chi connectivity index (χ0v) is 9.37. The number of nitrogen functional groups attached to an aromatic ring is 1. The van der Waals surface area contributed by atoms with Crippen molar-refractivity contribution in [1.29, 1.82) is 0 Å². The van der Waals surface area contributed by atoms with Crippen molar-refractivity contribution in [2.45, 2.75) is 11.3 Å². The van der Waals surface area contributed by atoms with Crippen LogP contribution in [0.4, 0.5) is 11.4 Å². The van der Waals surface area contributed by atoms with Crippen LogP contribution < -0.4 is 11.1 Å². The van der Waals surface area contributed by atoms with E-state index in [-0.39, 0.29) is 22.9 Å². The Hall–Kier alpha value is -1.31. The Morgan fingerprint density at radius 3 is 2.62 bits per heavy atom. The molecule has 0 saturated heterocycles. The van der Waals surface area contributed by atoms with Crippen LogP contribution in [0.2, 0.25) is 0 Å². The van der Waals surface area contributed by atoms with Crippen molar-refractivity contribution >= 4 is 21.5 Å². The first-order valence-corrected chi connectivity index (χ1v) is 6.11. The van der Waals surface area contributed by atoms with Crippen LogP contribution in [0.1, 0.15) is 6.42 Å². The molecule has 90 valence electrons. The first-order valence-electron chi connectivity index (χ1n) is 4.67. The van der Waals surface area contributed by atoms with Gasteiger partial charge in [0.1, 0.15) is 4.90 Å². The molecule has 5 N–H and O–H groups in total. The highest BCUT2D eigenvalue weighted by atomic mass is 32.2. The fraction of sp³-hybridized carbons (Fsp3) is 0.333. The fourth-order valence-corrected chi connectivity index (χ4v) is 1.90. The van der Waals surface area contributed by atoms with Crippen LogP contribution in [0.3, 0.4) is 0 Å². The lowest BCUT2D eigenvalue weighted by atomic mass is 10.3. The summed E-state index contributed by atoms with van der Waals surface area (Å²) in [6, 6.07) is 4.17. The molecular formula is C9H14N2O4S. The monoisotopic (exact) mass is 246 g/mol. The van der Waals surface area contributed by atoms with Crippen LogP contribution in [0.15, 0.2) is 23.1 Å². The van der Waals surface area contributed by atoms with Gasteiger partial charge in [-0.15, -0.1) is 0 Å². The molecule has 1 rings (SSSR count). The van der Waals surface area contributed by atoms with Gasteiger partial charge in [-0.1, -0.05) is 0 Å². The highest BCUT2D eigenvalue weighted by Crippen LogP contribution is 2.23. The van der Waals surface area contributed by atoms with Crippen molar-refractivity contribution in [3.8, 4) is 0 Å². The third-order valence-electron chi connectivity index (χ3n) is 1.93. The summed E-state index contributed by atoms with van der Waals surface area (Å²) in [5.41, 5.74) is 5.95. The Morgan fingerprint density at radius 1 is 1.38 bits per heavy atom. The van der Waals surface area contributed by atoms with Gasteiger partial charge < -0.3 is 16.2 Å². The molecule has 0 saturated carbocycles. The van der Waals surface area contributed by atoms with Gasteiger partial charge >= 0.3 is 0 Å². The summed E-state index contributed by atoms with van der Waals surface area (Å²) < 4.78 is 31.1. The number of aliphatic hydroxyl groups is 1. The second-order valence-corrected chi connectivity index (χ2v) is 4.62. The Labute approximate surface area is 93.8 Å². The third-order valence-corrected chi connectivity index (χ3v) is 2.83. The quantitative estimate of drug-likeness (QED) is 0.338. The first-order chi connectivity index (χ1) is 7.45. The van der Waals surface area contributed by atoms with Gasteiger partial charge in [-0.2, -0.15) is 8.42 Å².